The van der Waals surface area contributed by atoms with Gasteiger partial charge in [0.25, 0.3) is 0 Å². The monoisotopic (exact) mass is 422 g/mol. The van der Waals surface area contributed by atoms with E-state index in [9.17, 15) is 19.1 Å². The number of amides is 1. The van der Waals surface area contributed by atoms with E-state index in [1.54, 1.807) is 18.2 Å². The minimum Gasteiger partial charge on any atom is -0.868 e. The molecule has 162 valence electrons. The molecule has 0 saturated carbocycles. The van der Waals surface area contributed by atoms with Crippen LogP contribution in [-0.4, -0.2) is 42.8 Å². The number of carbonyl (C=O) groups is 2. The molecule has 2 aromatic carbocycles. The second-order valence-electron chi connectivity index (χ2n) is 7.48. The Morgan fingerprint density at radius 2 is 1.74 bits per heavy atom. The zero-order valence-electron chi connectivity index (χ0n) is 17.8. The van der Waals surface area contributed by atoms with Gasteiger partial charge in [-0.05, 0) is 37.3 Å². The molecule has 1 N–H and O–H groups in total. The number of likely N-dealkylation sites (N-methyl/N-ethyl adjacent to an activating group) is 1. The summed E-state index contributed by atoms with van der Waals surface area (Å²) in [6.45, 7) is 6.69. The summed E-state index contributed by atoms with van der Waals surface area (Å²) in [4.78, 5) is 28.4. The zero-order valence-corrected chi connectivity index (χ0v) is 17.8. The summed E-state index contributed by atoms with van der Waals surface area (Å²) in [5.74, 6) is -2.73. The third-order valence-electron chi connectivity index (χ3n) is 5.68. The quantitative estimate of drug-likeness (QED) is 0.624. The van der Waals surface area contributed by atoms with E-state index in [2.05, 4.69) is 0 Å². The molecule has 0 spiro atoms. The molecule has 0 bridgehead atoms. The molecule has 31 heavy (non-hydrogen) atoms. The maximum Gasteiger partial charge on any atom is 0.240 e. The Kier molecular flexibility index (Phi) is 7.36. The summed E-state index contributed by atoms with van der Waals surface area (Å²) in [5, 5.41) is 12.8. The number of halogens is 1. The van der Waals surface area contributed by atoms with E-state index in [-0.39, 0.29) is 17.7 Å². The van der Waals surface area contributed by atoms with Crippen molar-refractivity contribution in [3.8, 4) is 0 Å². The Balaban J connectivity index is 1.97. The first-order chi connectivity index (χ1) is 15.0. The number of carbonyl (C=O) groups excluding carboxylic acids is 2. The number of allylic oxidation sites excluding steroid dienone is 1. The largest absolute Gasteiger partial charge is 0.868 e. The summed E-state index contributed by atoms with van der Waals surface area (Å²) >= 11 is 0. The number of hydrogen-bond acceptors (Lipinski definition) is 3. The van der Waals surface area contributed by atoms with Crippen molar-refractivity contribution in [1.82, 2.24) is 4.90 Å². The predicted octanol–water partition coefficient (Wildman–Crippen LogP) is 1.53. The fourth-order valence-corrected chi connectivity index (χ4v) is 3.85. The van der Waals surface area contributed by atoms with E-state index < -0.39 is 29.3 Å². The van der Waals surface area contributed by atoms with Gasteiger partial charge in [-0.25, -0.2) is 4.39 Å². The van der Waals surface area contributed by atoms with Crippen LogP contribution < -0.4 is 10.0 Å². The Labute approximate surface area is 182 Å². The molecule has 6 heteroatoms. The average molecular weight is 423 g/mol. The van der Waals surface area contributed by atoms with Gasteiger partial charge in [-0.3, -0.25) is 9.59 Å². The number of nitrogens with one attached hydrogen (secondary N) is 1. The van der Waals surface area contributed by atoms with E-state index in [1.807, 2.05) is 44.2 Å². The fraction of sp³-hybridized carbons (Fsp3) is 0.280. The highest BCUT2D eigenvalue weighted by Gasteiger charge is 2.39. The number of quaternary nitrogens is 1. The minimum absolute atomic E-state index is 0.160. The molecular formula is C25H27FN2O3. The highest BCUT2D eigenvalue weighted by atomic mass is 19.1. The fourth-order valence-electron chi connectivity index (χ4n) is 3.85. The molecule has 1 aliphatic rings. The molecule has 0 aliphatic carbocycles. The molecule has 1 heterocycles. The molecule has 0 saturated heterocycles. The third-order valence-corrected chi connectivity index (χ3v) is 5.68. The number of hydrogen-bond donors (Lipinski definition) is 1. The van der Waals surface area contributed by atoms with Crippen molar-refractivity contribution in [1.29, 1.82) is 0 Å². The molecule has 1 atom stereocenters. The van der Waals surface area contributed by atoms with Crippen molar-refractivity contribution in [3.63, 3.8) is 0 Å². The predicted molar refractivity (Wildman–Crippen MR) is 115 cm³/mol. The molecule has 1 aliphatic heterocycles. The van der Waals surface area contributed by atoms with Gasteiger partial charge in [0.2, 0.25) is 5.91 Å². The summed E-state index contributed by atoms with van der Waals surface area (Å²) in [6.07, 6.45) is 2.87. The topological polar surface area (TPSA) is 64.9 Å². The van der Waals surface area contributed by atoms with E-state index in [0.717, 1.165) is 18.7 Å². The van der Waals surface area contributed by atoms with Crippen molar-refractivity contribution < 1.29 is 24.0 Å². The van der Waals surface area contributed by atoms with Gasteiger partial charge in [0, 0.05) is 11.1 Å². The van der Waals surface area contributed by atoms with Crippen LogP contribution in [0.25, 0.3) is 6.08 Å². The Hall–Kier alpha value is -3.25. The Morgan fingerprint density at radius 1 is 1.10 bits per heavy atom. The molecule has 1 amide bonds. The van der Waals surface area contributed by atoms with Gasteiger partial charge in [-0.15, -0.1) is 0 Å². The average Bonchev–Trinajstić information content (AvgIpc) is 3.04. The summed E-state index contributed by atoms with van der Waals surface area (Å²) in [7, 11) is 0. The van der Waals surface area contributed by atoms with E-state index in [4.69, 9.17) is 0 Å². The molecule has 0 aromatic heterocycles. The van der Waals surface area contributed by atoms with E-state index >= 15 is 0 Å². The number of ketones is 1. The first-order valence-corrected chi connectivity index (χ1v) is 10.6. The maximum atomic E-state index is 14.7. The van der Waals surface area contributed by atoms with Crippen LogP contribution in [0.2, 0.25) is 0 Å². The molecule has 5 nitrogen and oxygen atoms in total. The summed E-state index contributed by atoms with van der Waals surface area (Å²) in [6, 6.07) is 14.1. The van der Waals surface area contributed by atoms with Crippen LogP contribution in [0.15, 0.2) is 72.0 Å². The van der Waals surface area contributed by atoms with Crippen molar-refractivity contribution in [2.24, 2.45) is 0 Å². The Morgan fingerprint density at radius 3 is 2.39 bits per heavy atom. The highest BCUT2D eigenvalue weighted by molar-refractivity contribution is 6.14. The first-order valence-electron chi connectivity index (χ1n) is 10.6. The third kappa shape index (κ3) is 4.91. The van der Waals surface area contributed by atoms with Crippen LogP contribution in [0.5, 0.6) is 0 Å². The molecule has 3 rings (SSSR count). The number of rotatable bonds is 9. The normalized spacial score (nSPS) is 16.7. The van der Waals surface area contributed by atoms with Crippen LogP contribution in [0.3, 0.4) is 0 Å². The van der Waals surface area contributed by atoms with E-state index in [1.165, 1.54) is 28.0 Å². The van der Waals surface area contributed by atoms with Gasteiger partial charge in [-0.2, -0.15) is 0 Å². The molecule has 0 fully saturated rings. The van der Waals surface area contributed by atoms with Gasteiger partial charge in [0.1, 0.15) is 5.82 Å². The lowest BCUT2D eigenvalue weighted by Gasteiger charge is -2.29. The lowest BCUT2D eigenvalue weighted by molar-refractivity contribution is -0.895. The highest BCUT2D eigenvalue weighted by Crippen LogP contribution is 2.37. The maximum absolute atomic E-state index is 14.7. The van der Waals surface area contributed by atoms with E-state index in [0.29, 0.717) is 6.54 Å². The number of nitrogens with zero attached hydrogens (tertiary/aromatic N) is 1. The van der Waals surface area contributed by atoms with Crippen molar-refractivity contribution in [2.75, 3.05) is 26.2 Å². The Bertz CT molecular complexity index is 997. The second kappa shape index (κ2) is 10.2. The molecular weight excluding hydrogens is 395 g/mol. The van der Waals surface area contributed by atoms with Gasteiger partial charge >= 0.3 is 0 Å². The lowest BCUT2D eigenvalue weighted by atomic mass is 9.95. The van der Waals surface area contributed by atoms with Crippen LogP contribution in [0, 0.1) is 5.82 Å². The standard InChI is InChI=1S/C25H27FN2O3/c1-3-27(4-2)16-17-28-23(19-12-8-9-13-20(19)26)22(24(30)25(28)31)21(29)15-14-18-10-6-5-7-11-18/h5-15,23,30H,3-4,16-17H2,1-2H3. The molecule has 0 radical (unpaired) electrons. The number of benzene rings is 2. The molecule has 2 aromatic rings. The van der Waals surface area contributed by atoms with Crippen LogP contribution in [-0.2, 0) is 9.59 Å². The minimum atomic E-state index is -1.02. The molecule has 1 unspecified atom stereocenters. The summed E-state index contributed by atoms with van der Waals surface area (Å²) in [5.41, 5.74) is 0.752. The smallest absolute Gasteiger partial charge is 0.240 e. The van der Waals surface area contributed by atoms with Crippen LogP contribution >= 0.6 is 0 Å². The van der Waals surface area contributed by atoms with Crippen LogP contribution in [0.1, 0.15) is 31.0 Å². The van der Waals surface area contributed by atoms with Crippen molar-refractivity contribution >= 4 is 17.8 Å². The van der Waals surface area contributed by atoms with Gasteiger partial charge in [0.05, 0.1) is 32.2 Å². The summed E-state index contributed by atoms with van der Waals surface area (Å²) < 4.78 is 14.7. The van der Waals surface area contributed by atoms with Gasteiger partial charge in [-0.1, -0.05) is 54.6 Å². The lowest BCUT2D eigenvalue weighted by Crippen LogP contribution is -3.12. The van der Waals surface area contributed by atoms with Crippen molar-refractivity contribution in [2.45, 2.75) is 19.9 Å². The first kappa shape index (κ1) is 22.4. The second-order valence-corrected chi connectivity index (χ2v) is 7.48. The SMILES string of the molecule is CC[NH+](CC)CCN1C(=O)C([O-])=C(C(=O)C=Cc2ccccc2)C1c1ccccc1F. The van der Waals surface area contributed by atoms with Gasteiger partial charge < -0.3 is 14.9 Å². The zero-order chi connectivity index (χ0) is 22.4. The van der Waals surface area contributed by atoms with Crippen molar-refractivity contribution in [3.05, 3.63) is 88.9 Å². The van der Waals surface area contributed by atoms with Crippen LogP contribution in [0.4, 0.5) is 4.39 Å². The van der Waals surface area contributed by atoms with Gasteiger partial charge in [0.15, 0.2) is 5.78 Å².